The lowest BCUT2D eigenvalue weighted by molar-refractivity contribution is -0.121. The van der Waals surface area contributed by atoms with E-state index in [0.717, 1.165) is 59.8 Å². The van der Waals surface area contributed by atoms with Crippen molar-refractivity contribution < 1.29 is 23.7 Å². The largest absolute Gasteiger partial charge is 0.490 e. The molecule has 0 radical (unpaired) electrons. The zero-order valence-corrected chi connectivity index (χ0v) is 33.4. The van der Waals surface area contributed by atoms with E-state index in [1.165, 1.54) is 55.0 Å². The van der Waals surface area contributed by atoms with Gasteiger partial charge in [-0.2, -0.15) is 0 Å². The summed E-state index contributed by atoms with van der Waals surface area (Å²) in [5, 5.41) is 1.28. The van der Waals surface area contributed by atoms with Crippen molar-refractivity contribution in [2.24, 2.45) is 0 Å². The van der Waals surface area contributed by atoms with Gasteiger partial charge in [0.25, 0.3) is 0 Å². The van der Waals surface area contributed by atoms with Crippen molar-refractivity contribution in [3.8, 4) is 45.3 Å². The Labute approximate surface area is 308 Å². The van der Waals surface area contributed by atoms with Crippen LogP contribution in [0.2, 0.25) is 0 Å². The van der Waals surface area contributed by atoms with Crippen LogP contribution in [0.4, 0.5) is 0 Å². The summed E-state index contributed by atoms with van der Waals surface area (Å²) >= 11 is 0. The molecule has 3 fully saturated rings. The third kappa shape index (κ3) is 8.00. The number of ketones is 1. The van der Waals surface area contributed by atoms with Gasteiger partial charge in [-0.3, -0.25) is 4.79 Å². The van der Waals surface area contributed by atoms with Crippen LogP contribution in [-0.4, -0.2) is 40.5 Å². The highest BCUT2D eigenvalue weighted by Crippen LogP contribution is 2.74. The highest BCUT2D eigenvalue weighted by molar-refractivity contribution is 7.69. The van der Waals surface area contributed by atoms with Crippen molar-refractivity contribution in [1.82, 2.24) is 0 Å². The van der Waals surface area contributed by atoms with Gasteiger partial charge < -0.3 is 18.9 Å². The number of carbonyl (C=O) groups is 1. The molecule has 0 aromatic heterocycles. The maximum atomic E-state index is 14.1. The molecule has 276 valence electrons. The SMILES string of the molecule is CC(C)Oc1cccc(OC(C)C)c1-c1cccc(-c2c(OC(C)C)cccc2OC(C)C)c1P1C2(CCCCC2)CC(=O)CC12CCCCC2. The predicted octanol–water partition coefficient (Wildman–Crippen LogP) is 12.0. The molecule has 2 aliphatic carbocycles. The van der Waals surface area contributed by atoms with Crippen molar-refractivity contribution in [2.45, 2.75) is 167 Å². The molecule has 3 aromatic rings. The Balaban J connectivity index is 1.77. The molecule has 0 N–H and O–H groups in total. The number of hydrogen-bond acceptors (Lipinski definition) is 5. The Bertz CT molecular complexity index is 1490. The van der Waals surface area contributed by atoms with Crippen LogP contribution in [0.1, 0.15) is 132 Å². The van der Waals surface area contributed by atoms with Crippen LogP contribution in [0, 0.1) is 0 Å². The first-order chi connectivity index (χ1) is 24.4. The standard InChI is InChI=1S/C45H61O5P/c1-30(2)47-37-20-16-21-38(48-31(3)4)41(37)35-18-15-19-36(42-39(49-32(5)6)22-17-23-40(42)50-33(7)8)43(35)51-44(24-11-9-12-25-44)28-34(46)29-45(51)26-13-10-14-27-45/h15-23,30-33H,9-14,24-29H2,1-8H3. The topological polar surface area (TPSA) is 54.0 Å². The fourth-order valence-electron chi connectivity index (χ4n) is 9.30. The molecule has 5 nitrogen and oxygen atoms in total. The molecule has 3 aromatic carbocycles. The quantitative estimate of drug-likeness (QED) is 0.185. The van der Waals surface area contributed by atoms with E-state index in [2.05, 4.69) is 110 Å². The van der Waals surface area contributed by atoms with Crippen molar-refractivity contribution in [2.75, 3.05) is 0 Å². The second-order valence-electron chi connectivity index (χ2n) is 16.4. The van der Waals surface area contributed by atoms with Gasteiger partial charge in [-0.15, -0.1) is 0 Å². The number of carbonyl (C=O) groups excluding carboxylic acids is 1. The minimum absolute atomic E-state index is 0.0108. The maximum absolute atomic E-state index is 14.1. The molecule has 1 saturated heterocycles. The van der Waals surface area contributed by atoms with Gasteiger partial charge in [0.1, 0.15) is 28.8 Å². The van der Waals surface area contributed by atoms with Gasteiger partial charge in [-0.25, -0.2) is 0 Å². The molecule has 2 spiro atoms. The van der Waals surface area contributed by atoms with E-state index >= 15 is 0 Å². The van der Waals surface area contributed by atoms with Crippen molar-refractivity contribution in [3.05, 3.63) is 54.6 Å². The second kappa shape index (κ2) is 15.9. The highest BCUT2D eigenvalue weighted by Gasteiger charge is 2.57. The van der Waals surface area contributed by atoms with Gasteiger partial charge in [0.05, 0.1) is 35.5 Å². The Hall–Kier alpha value is -3.04. The van der Waals surface area contributed by atoms with Crippen molar-refractivity contribution >= 4 is 19.0 Å². The first-order valence-electron chi connectivity index (χ1n) is 19.8. The zero-order chi connectivity index (χ0) is 36.3. The summed E-state index contributed by atoms with van der Waals surface area (Å²) in [6.45, 7) is 16.8. The Morgan fingerprint density at radius 1 is 0.490 bits per heavy atom. The van der Waals surface area contributed by atoms with Crippen molar-refractivity contribution in [3.63, 3.8) is 0 Å². The summed E-state index contributed by atoms with van der Waals surface area (Å²) in [5.74, 6) is 3.84. The third-order valence-electron chi connectivity index (χ3n) is 10.8. The van der Waals surface area contributed by atoms with Crippen LogP contribution in [-0.2, 0) is 4.79 Å². The molecule has 3 aliphatic rings. The summed E-state index contributed by atoms with van der Waals surface area (Å²) < 4.78 is 26.7. The smallest absolute Gasteiger partial charge is 0.134 e. The van der Waals surface area contributed by atoms with Gasteiger partial charge in [0.15, 0.2) is 0 Å². The van der Waals surface area contributed by atoms with Gasteiger partial charge in [-0.1, -0.05) is 76.8 Å². The normalized spacial score (nSPS) is 19.0. The molecular weight excluding hydrogens is 651 g/mol. The molecular formula is C45H61O5P. The van der Waals surface area contributed by atoms with E-state index in [4.69, 9.17) is 18.9 Å². The van der Waals surface area contributed by atoms with Crippen LogP contribution >= 0.6 is 7.92 Å². The minimum Gasteiger partial charge on any atom is -0.490 e. The Morgan fingerprint density at radius 2 is 0.804 bits per heavy atom. The number of hydrogen-bond donors (Lipinski definition) is 0. The van der Waals surface area contributed by atoms with Crippen molar-refractivity contribution in [1.29, 1.82) is 0 Å². The highest BCUT2D eigenvalue weighted by atomic mass is 31.1. The minimum atomic E-state index is -0.861. The number of rotatable bonds is 11. The number of Topliss-reactive ketones (excluding diaryl/α,β-unsaturated/α-hetero) is 1. The molecule has 1 heterocycles. The zero-order valence-electron chi connectivity index (χ0n) is 32.5. The molecule has 51 heavy (non-hydrogen) atoms. The lowest BCUT2D eigenvalue weighted by atomic mass is 9.79. The van der Waals surface area contributed by atoms with E-state index in [1.54, 1.807) is 0 Å². The first-order valence-corrected chi connectivity index (χ1v) is 21.2. The monoisotopic (exact) mass is 712 g/mol. The maximum Gasteiger partial charge on any atom is 0.134 e. The lowest BCUT2D eigenvalue weighted by Crippen LogP contribution is -2.51. The predicted molar refractivity (Wildman–Crippen MR) is 213 cm³/mol. The molecule has 2 saturated carbocycles. The van der Waals surface area contributed by atoms with Gasteiger partial charge in [-0.05, 0) is 122 Å². The molecule has 6 rings (SSSR count). The molecule has 6 heteroatoms. The molecule has 1 aliphatic heterocycles. The van der Waals surface area contributed by atoms with E-state index in [-0.39, 0.29) is 34.7 Å². The van der Waals surface area contributed by atoms with Crippen LogP contribution in [0.3, 0.4) is 0 Å². The number of benzene rings is 3. The van der Waals surface area contributed by atoms with Crippen LogP contribution in [0.25, 0.3) is 22.3 Å². The summed E-state index contributed by atoms with van der Waals surface area (Å²) in [6.07, 6.45) is 13.0. The fraction of sp³-hybridized carbons (Fsp3) is 0.578. The second-order valence-corrected chi connectivity index (χ2v) is 19.4. The average Bonchev–Trinajstić information content (AvgIpc) is 3.05. The number of ether oxygens (including phenoxy) is 4. The molecule has 0 unspecified atom stereocenters. The average molecular weight is 713 g/mol. The summed E-state index contributed by atoms with van der Waals surface area (Å²) in [4.78, 5) is 14.1. The Kier molecular flexibility index (Phi) is 11.8. The molecule has 0 atom stereocenters. The molecule has 0 bridgehead atoms. The van der Waals surface area contributed by atoms with E-state index in [9.17, 15) is 4.79 Å². The van der Waals surface area contributed by atoms with E-state index in [0.29, 0.717) is 18.6 Å². The third-order valence-corrected chi connectivity index (χ3v) is 14.8. The van der Waals surface area contributed by atoms with Crippen LogP contribution in [0.15, 0.2) is 54.6 Å². The summed E-state index contributed by atoms with van der Waals surface area (Å²) in [7, 11) is -0.861. The van der Waals surface area contributed by atoms with Gasteiger partial charge >= 0.3 is 0 Å². The van der Waals surface area contributed by atoms with Gasteiger partial charge in [0.2, 0.25) is 0 Å². The lowest BCUT2D eigenvalue weighted by Gasteiger charge is -2.58. The van der Waals surface area contributed by atoms with E-state index in [1.807, 2.05) is 0 Å². The summed E-state index contributed by atoms with van der Waals surface area (Å²) in [6, 6.07) is 19.4. The summed E-state index contributed by atoms with van der Waals surface area (Å²) in [5.41, 5.74) is 4.37. The van der Waals surface area contributed by atoms with Crippen LogP contribution < -0.4 is 24.3 Å². The van der Waals surface area contributed by atoms with Crippen LogP contribution in [0.5, 0.6) is 23.0 Å². The first kappa shape index (κ1) is 37.7. The fourth-order valence-corrected chi connectivity index (χ4v) is 14.3. The Morgan fingerprint density at radius 3 is 1.12 bits per heavy atom. The van der Waals surface area contributed by atoms with Gasteiger partial charge in [0, 0.05) is 23.2 Å². The molecule has 0 amide bonds. The van der Waals surface area contributed by atoms with E-state index < -0.39 is 7.92 Å².